The lowest BCUT2D eigenvalue weighted by Gasteiger charge is -2.08. The summed E-state index contributed by atoms with van der Waals surface area (Å²) >= 11 is 11.7. The zero-order valence-electron chi connectivity index (χ0n) is 11.4. The van der Waals surface area contributed by atoms with Crippen molar-refractivity contribution >= 4 is 29.2 Å². The van der Waals surface area contributed by atoms with Crippen LogP contribution in [0.1, 0.15) is 10.5 Å². The summed E-state index contributed by atoms with van der Waals surface area (Å²) in [6.45, 7) is 0. The Kier molecular flexibility index (Phi) is 4.02. The second-order valence-electron chi connectivity index (χ2n) is 4.61. The van der Waals surface area contributed by atoms with Crippen LogP contribution in [0.4, 0.5) is 4.39 Å². The quantitative estimate of drug-likeness (QED) is 0.722. The van der Waals surface area contributed by atoms with E-state index in [9.17, 15) is 9.18 Å². The average Bonchev–Trinajstić information content (AvgIpc) is 2.95. The van der Waals surface area contributed by atoms with Gasteiger partial charge in [0.15, 0.2) is 5.69 Å². The number of aromatic carboxylic acids is 1. The molecular formula is C15H8Cl2FN3O2. The zero-order chi connectivity index (χ0) is 16.6. The van der Waals surface area contributed by atoms with E-state index in [4.69, 9.17) is 28.3 Å². The van der Waals surface area contributed by atoms with Gasteiger partial charge in [0.05, 0.1) is 16.4 Å². The number of hydrogen-bond acceptors (Lipinski definition) is 3. The maximum Gasteiger partial charge on any atom is 0.356 e. The minimum Gasteiger partial charge on any atom is -0.476 e. The summed E-state index contributed by atoms with van der Waals surface area (Å²) in [4.78, 5) is 14.8. The first kappa shape index (κ1) is 15.5. The van der Waals surface area contributed by atoms with Crippen molar-refractivity contribution in [3.05, 3.63) is 64.3 Å². The second kappa shape index (κ2) is 5.98. The Balaban J connectivity index is 2.22. The number of halogens is 3. The number of benzene rings is 1. The number of hydrogen-bond donors (Lipinski definition) is 1. The first-order chi connectivity index (χ1) is 11.0. The number of carboxylic acid groups (broad SMARTS) is 1. The van der Waals surface area contributed by atoms with Crippen LogP contribution in [-0.4, -0.2) is 25.8 Å². The molecule has 23 heavy (non-hydrogen) atoms. The lowest BCUT2D eigenvalue weighted by atomic mass is 10.2. The van der Waals surface area contributed by atoms with Gasteiger partial charge in [0.2, 0.25) is 5.95 Å². The summed E-state index contributed by atoms with van der Waals surface area (Å²) in [6, 6.07) is 9.44. The standard InChI is InChI=1S/C15H8Cl2FN3O2/c16-9-2-1-3-10(5-9)21-13(6-12(20-21)15(22)23)8-4-11(17)14(18)19-7-8/h1-7H,(H,22,23). The predicted octanol–water partition coefficient (Wildman–Crippen LogP) is 4.08. The number of carboxylic acids is 1. The van der Waals surface area contributed by atoms with Gasteiger partial charge < -0.3 is 5.11 Å². The molecule has 0 saturated heterocycles. The zero-order valence-corrected chi connectivity index (χ0v) is 12.9. The highest BCUT2D eigenvalue weighted by Crippen LogP contribution is 2.27. The summed E-state index contributed by atoms with van der Waals surface area (Å²) in [6.07, 6.45) is 1.25. The SMILES string of the molecule is O=C(O)c1cc(-c2cnc(F)c(Cl)c2)n(-c2cccc(Cl)c2)n1. The molecule has 0 saturated carbocycles. The van der Waals surface area contributed by atoms with Crippen LogP contribution in [-0.2, 0) is 0 Å². The topological polar surface area (TPSA) is 68.0 Å². The fourth-order valence-electron chi connectivity index (χ4n) is 2.06. The number of aromatic nitrogens is 3. The summed E-state index contributed by atoms with van der Waals surface area (Å²) in [5.74, 6) is -1.99. The van der Waals surface area contributed by atoms with E-state index >= 15 is 0 Å². The van der Waals surface area contributed by atoms with E-state index in [1.165, 1.54) is 23.0 Å². The van der Waals surface area contributed by atoms with E-state index in [1.807, 2.05) is 0 Å². The Bertz CT molecular complexity index is 911. The Morgan fingerprint density at radius 3 is 2.65 bits per heavy atom. The highest BCUT2D eigenvalue weighted by molar-refractivity contribution is 6.31. The molecule has 1 aromatic carbocycles. The first-order valence-corrected chi connectivity index (χ1v) is 7.12. The van der Waals surface area contributed by atoms with Gasteiger partial charge in [-0.2, -0.15) is 9.49 Å². The Hall–Kier alpha value is -2.44. The lowest BCUT2D eigenvalue weighted by Crippen LogP contribution is -2.02. The predicted molar refractivity (Wildman–Crippen MR) is 83.7 cm³/mol. The molecule has 0 radical (unpaired) electrons. The molecule has 0 fully saturated rings. The molecule has 116 valence electrons. The van der Waals surface area contributed by atoms with Gasteiger partial charge in [0.1, 0.15) is 0 Å². The van der Waals surface area contributed by atoms with Crippen LogP contribution in [0.15, 0.2) is 42.6 Å². The first-order valence-electron chi connectivity index (χ1n) is 6.36. The summed E-state index contributed by atoms with van der Waals surface area (Å²) in [5.41, 5.74) is 1.22. The molecule has 0 spiro atoms. The van der Waals surface area contributed by atoms with E-state index in [2.05, 4.69) is 10.1 Å². The third-order valence-corrected chi connectivity index (χ3v) is 3.57. The van der Waals surface area contributed by atoms with Gasteiger partial charge in [0, 0.05) is 16.8 Å². The van der Waals surface area contributed by atoms with Crippen molar-refractivity contribution < 1.29 is 14.3 Å². The molecule has 0 amide bonds. The van der Waals surface area contributed by atoms with Crippen molar-refractivity contribution in [1.29, 1.82) is 0 Å². The van der Waals surface area contributed by atoms with Crippen LogP contribution in [0, 0.1) is 5.95 Å². The van der Waals surface area contributed by atoms with Crippen molar-refractivity contribution in [2.75, 3.05) is 0 Å². The highest BCUT2D eigenvalue weighted by atomic mass is 35.5. The Labute approximate surface area is 139 Å². The third-order valence-electron chi connectivity index (χ3n) is 3.07. The van der Waals surface area contributed by atoms with Crippen LogP contribution in [0.25, 0.3) is 16.9 Å². The van der Waals surface area contributed by atoms with Crippen molar-refractivity contribution in [1.82, 2.24) is 14.8 Å². The van der Waals surface area contributed by atoms with Crippen molar-refractivity contribution in [3.8, 4) is 16.9 Å². The smallest absolute Gasteiger partial charge is 0.356 e. The molecule has 0 aliphatic carbocycles. The van der Waals surface area contributed by atoms with Crippen LogP contribution in [0.2, 0.25) is 10.0 Å². The molecule has 0 bridgehead atoms. The average molecular weight is 352 g/mol. The van der Waals surface area contributed by atoms with E-state index < -0.39 is 11.9 Å². The summed E-state index contributed by atoms with van der Waals surface area (Å²) < 4.78 is 14.6. The Morgan fingerprint density at radius 2 is 2.00 bits per heavy atom. The van der Waals surface area contributed by atoms with Gasteiger partial charge in [-0.25, -0.2) is 14.5 Å². The molecule has 3 rings (SSSR count). The van der Waals surface area contributed by atoms with Crippen molar-refractivity contribution in [3.63, 3.8) is 0 Å². The lowest BCUT2D eigenvalue weighted by molar-refractivity contribution is 0.0690. The van der Waals surface area contributed by atoms with Gasteiger partial charge in [-0.1, -0.05) is 29.3 Å². The van der Waals surface area contributed by atoms with Gasteiger partial charge in [0.25, 0.3) is 0 Å². The molecule has 1 N–H and O–H groups in total. The normalized spacial score (nSPS) is 10.7. The molecule has 0 unspecified atom stereocenters. The van der Waals surface area contributed by atoms with Gasteiger partial charge in [-0.05, 0) is 30.3 Å². The fraction of sp³-hybridized carbons (Fsp3) is 0. The number of rotatable bonds is 3. The minimum absolute atomic E-state index is 0.166. The monoisotopic (exact) mass is 351 g/mol. The minimum atomic E-state index is -1.19. The number of pyridine rings is 1. The van der Waals surface area contributed by atoms with Crippen LogP contribution in [0.3, 0.4) is 0 Å². The molecule has 3 aromatic rings. The van der Waals surface area contributed by atoms with Crippen LogP contribution in [0.5, 0.6) is 0 Å². The van der Waals surface area contributed by atoms with E-state index in [-0.39, 0.29) is 10.7 Å². The van der Waals surface area contributed by atoms with Gasteiger partial charge >= 0.3 is 5.97 Å². The Morgan fingerprint density at radius 1 is 1.22 bits per heavy atom. The largest absolute Gasteiger partial charge is 0.476 e. The molecule has 0 aliphatic heterocycles. The molecule has 8 heteroatoms. The molecule has 2 heterocycles. The second-order valence-corrected chi connectivity index (χ2v) is 5.45. The molecule has 0 aliphatic rings. The van der Waals surface area contributed by atoms with E-state index in [1.54, 1.807) is 24.3 Å². The number of nitrogens with zero attached hydrogens (tertiary/aromatic N) is 3. The maximum absolute atomic E-state index is 13.2. The maximum atomic E-state index is 13.2. The fourth-order valence-corrected chi connectivity index (χ4v) is 2.41. The molecular weight excluding hydrogens is 344 g/mol. The van der Waals surface area contributed by atoms with E-state index in [0.717, 1.165) is 0 Å². The van der Waals surface area contributed by atoms with Crippen molar-refractivity contribution in [2.45, 2.75) is 0 Å². The van der Waals surface area contributed by atoms with Crippen molar-refractivity contribution in [2.24, 2.45) is 0 Å². The van der Waals surface area contributed by atoms with E-state index in [0.29, 0.717) is 22.0 Å². The summed E-state index contributed by atoms with van der Waals surface area (Å²) in [5, 5.41) is 13.5. The highest BCUT2D eigenvalue weighted by Gasteiger charge is 2.17. The summed E-state index contributed by atoms with van der Waals surface area (Å²) in [7, 11) is 0. The number of carbonyl (C=O) groups is 1. The molecule has 0 atom stereocenters. The van der Waals surface area contributed by atoms with Crippen LogP contribution < -0.4 is 0 Å². The molecule has 5 nitrogen and oxygen atoms in total. The van der Waals surface area contributed by atoms with Gasteiger partial charge in [-0.15, -0.1) is 0 Å². The third kappa shape index (κ3) is 3.04. The molecule has 2 aromatic heterocycles. The van der Waals surface area contributed by atoms with Gasteiger partial charge in [-0.3, -0.25) is 0 Å². The van der Waals surface area contributed by atoms with Crippen LogP contribution >= 0.6 is 23.2 Å².